The molecule has 0 aromatic rings. The fourth-order valence-corrected chi connectivity index (χ4v) is 2.96. The highest BCUT2D eigenvalue weighted by Crippen LogP contribution is 2.42. The van der Waals surface area contributed by atoms with Crippen LogP contribution in [0.2, 0.25) is 0 Å². The van der Waals surface area contributed by atoms with Gasteiger partial charge in [0, 0.05) is 6.61 Å². The summed E-state index contributed by atoms with van der Waals surface area (Å²) in [6.07, 6.45) is 8.42. The lowest BCUT2D eigenvalue weighted by atomic mass is 9.76. The van der Waals surface area contributed by atoms with Gasteiger partial charge in [0.2, 0.25) is 0 Å². The fraction of sp³-hybridized carbons (Fsp3) is 1.00. The van der Waals surface area contributed by atoms with Crippen molar-refractivity contribution in [2.75, 3.05) is 6.61 Å². The van der Waals surface area contributed by atoms with E-state index in [-0.39, 0.29) is 0 Å². The van der Waals surface area contributed by atoms with Crippen molar-refractivity contribution in [2.24, 2.45) is 17.8 Å². The van der Waals surface area contributed by atoms with Crippen molar-refractivity contribution in [3.63, 3.8) is 0 Å². The normalized spacial score (nSPS) is 43.9. The van der Waals surface area contributed by atoms with Crippen LogP contribution in [0.1, 0.15) is 38.5 Å². The molecule has 3 aliphatic rings. The van der Waals surface area contributed by atoms with Crippen molar-refractivity contribution in [3.05, 3.63) is 0 Å². The van der Waals surface area contributed by atoms with Gasteiger partial charge in [-0.25, -0.2) is 0 Å². The molecule has 0 aliphatic heterocycles. The molecule has 3 aliphatic carbocycles. The molecule has 0 spiro atoms. The molecule has 0 aromatic heterocycles. The molecule has 1 heteroatoms. The van der Waals surface area contributed by atoms with Crippen molar-refractivity contribution in [3.8, 4) is 0 Å². The largest absolute Gasteiger partial charge is 0.396 e. The zero-order valence-corrected chi connectivity index (χ0v) is 7.13. The summed E-state index contributed by atoms with van der Waals surface area (Å²) in [5.74, 6) is 2.50. The Bertz CT molecular complexity index is 129. The summed E-state index contributed by atoms with van der Waals surface area (Å²) in [5.41, 5.74) is 0. The Labute approximate surface area is 68.8 Å². The first kappa shape index (κ1) is 7.60. The van der Waals surface area contributed by atoms with Crippen LogP contribution in [-0.4, -0.2) is 11.7 Å². The van der Waals surface area contributed by atoms with E-state index in [2.05, 4.69) is 0 Å². The molecule has 3 fully saturated rings. The second kappa shape index (κ2) is 3.14. The minimum absolute atomic E-state index is 0.446. The van der Waals surface area contributed by atoms with Gasteiger partial charge in [0.15, 0.2) is 0 Å². The Morgan fingerprint density at radius 1 is 1.09 bits per heavy atom. The van der Waals surface area contributed by atoms with E-state index in [0.717, 1.165) is 11.8 Å². The van der Waals surface area contributed by atoms with Crippen molar-refractivity contribution in [2.45, 2.75) is 38.5 Å². The van der Waals surface area contributed by atoms with Gasteiger partial charge in [-0.1, -0.05) is 25.7 Å². The summed E-state index contributed by atoms with van der Waals surface area (Å²) in [7, 11) is 0. The third-order valence-corrected chi connectivity index (χ3v) is 3.67. The zero-order valence-electron chi connectivity index (χ0n) is 7.13. The van der Waals surface area contributed by atoms with Gasteiger partial charge in [0.1, 0.15) is 0 Å². The van der Waals surface area contributed by atoms with Crippen LogP contribution in [0.25, 0.3) is 0 Å². The predicted molar refractivity (Wildman–Crippen MR) is 45.3 cm³/mol. The molecule has 0 aromatic carbocycles. The van der Waals surface area contributed by atoms with Gasteiger partial charge in [-0.3, -0.25) is 0 Å². The summed E-state index contributed by atoms with van der Waals surface area (Å²) in [4.78, 5) is 0. The predicted octanol–water partition coefficient (Wildman–Crippen LogP) is 2.20. The van der Waals surface area contributed by atoms with E-state index in [0.29, 0.717) is 12.5 Å². The van der Waals surface area contributed by atoms with Gasteiger partial charge in [-0.05, 0) is 30.6 Å². The molecule has 0 amide bonds. The number of hydrogen-bond donors (Lipinski definition) is 1. The van der Waals surface area contributed by atoms with Gasteiger partial charge in [-0.2, -0.15) is 0 Å². The summed E-state index contributed by atoms with van der Waals surface area (Å²) in [6, 6.07) is 0. The van der Waals surface area contributed by atoms with E-state index in [4.69, 9.17) is 5.11 Å². The highest BCUT2D eigenvalue weighted by atomic mass is 16.3. The third kappa shape index (κ3) is 1.44. The second-order valence-corrected chi connectivity index (χ2v) is 4.31. The molecule has 0 heterocycles. The van der Waals surface area contributed by atoms with Crippen LogP contribution in [0.3, 0.4) is 0 Å². The Hall–Kier alpha value is -0.0400. The standard InChI is InChI=1S/C10H18O/c11-7-10-6-8-2-1-3-9(10)5-4-8/h8-11H,1-7H2. The first-order valence-electron chi connectivity index (χ1n) is 5.01. The first-order chi connectivity index (χ1) is 5.40. The van der Waals surface area contributed by atoms with E-state index in [9.17, 15) is 0 Å². The quantitative estimate of drug-likeness (QED) is 0.614. The van der Waals surface area contributed by atoms with Gasteiger partial charge < -0.3 is 5.11 Å². The summed E-state index contributed by atoms with van der Waals surface area (Å²) < 4.78 is 0. The zero-order chi connectivity index (χ0) is 7.68. The van der Waals surface area contributed by atoms with Crippen LogP contribution in [0.15, 0.2) is 0 Å². The molecule has 0 radical (unpaired) electrons. The number of aliphatic hydroxyl groups is 1. The Morgan fingerprint density at radius 2 is 2.00 bits per heavy atom. The highest BCUT2D eigenvalue weighted by Gasteiger charge is 2.32. The molecule has 1 N–H and O–H groups in total. The van der Waals surface area contributed by atoms with E-state index < -0.39 is 0 Å². The molecular formula is C10H18O. The van der Waals surface area contributed by atoms with Gasteiger partial charge in [0.25, 0.3) is 0 Å². The number of aliphatic hydroxyl groups excluding tert-OH is 1. The van der Waals surface area contributed by atoms with Crippen molar-refractivity contribution >= 4 is 0 Å². The smallest absolute Gasteiger partial charge is 0.0462 e. The molecule has 2 bridgehead atoms. The minimum Gasteiger partial charge on any atom is -0.396 e. The average molecular weight is 154 g/mol. The maximum atomic E-state index is 9.14. The molecular weight excluding hydrogens is 136 g/mol. The van der Waals surface area contributed by atoms with Crippen molar-refractivity contribution < 1.29 is 5.11 Å². The van der Waals surface area contributed by atoms with E-state index in [1.165, 1.54) is 38.5 Å². The van der Waals surface area contributed by atoms with Crippen LogP contribution >= 0.6 is 0 Å². The van der Waals surface area contributed by atoms with Gasteiger partial charge in [-0.15, -0.1) is 0 Å². The lowest BCUT2D eigenvalue weighted by Crippen LogP contribution is -2.24. The highest BCUT2D eigenvalue weighted by molar-refractivity contribution is 4.83. The molecule has 3 rings (SSSR count). The van der Waals surface area contributed by atoms with Gasteiger partial charge in [0.05, 0.1) is 0 Å². The summed E-state index contributed by atoms with van der Waals surface area (Å²) >= 11 is 0. The van der Waals surface area contributed by atoms with Gasteiger partial charge >= 0.3 is 0 Å². The lowest BCUT2D eigenvalue weighted by Gasteiger charge is -2.30. The topological polar surface area (TPSA) is 20.2 Å². The number of fused-ring (bicyclic) bond motifs is 4. The molecule has 3 unspecified atom stereocenters. The molecule has 3 saturated carbocycles. The second-order valence-electron chi connectivity index (χ2n) is 4.31. The Morgan fingerprint density at radius 3 is 2.82 bits per heavy atom. The van der Waals surface area contributed by atoms with E-state index in [1.807, 2.05) is 0 Å². The third-order valence-electron chi connectivity index (χ3n) is 3.67. The first-order valence-corrected chi connectivity index (χ1v) is 5.01. The van der Waals surface area contributed by atoms with Crippen LogP contribution in [-0.2, 0) is 0 Å². The molecule has 0 saturated heterocycles. The van der Waals surface area contributed by atoms with Crippen LogP contribution in [0.4, 0.5) is 0 Å². The SMILES string of the molecule is OCC1CC2CCCC1CC2. The van der Waals surface area contributed by atoms with E-state index in [1.54, 1.807) is 0 Å². The lowest BCUT2D eigenvalue weighted by molar-refractivity contribution is 0.118. The number of hydrogen-bond acceptors (Lipinski definition) is 1. The molecule has 11 heavy (non-hydrogen) atoms. The van der Waals surface area contributed by atoms with Crippen LogP contribution < -0.4 is 0 Å². The Balaban J connectivity index is 2.04. The fourth-order valence-electron chi connectivity index (χ4n) is 2.96. The average Bonchev–Trinajstić information content (AvgIpc) is 2.37. The minimum atomic E-state index is 0.446. The van der Waals surface area contributed by atoms with E-state index >= 15 is 0 Å². The summed E-state index contributed by atoms with van der Waals surface area (Å²) in [5, 5.41) is 9.14. The van der Waals surface area contributed by atoms with Crippen molar-refractivity contribution in [1.29, 1.82) is 0 Å². The maximum Gasteiger partial charge on any atom is 0.0462 e. The monoisotopic (exact) mass is 154 g/mol. The Kier molecular flexibility index (Phi) is 2.17. The van der Waals surface area contributed by atoms with Crippen LogP contribution in [0.5, 0.6) is 0 Å². The maximum absolute atomic E-state index is 9.14. The molecule has 64 valence electrons. The van der Waals surface area contributed by atoms with Crippen molar-refractivity contribution in [1.82, 2.24) is 0 Å². The molecule has 1 nitrogen and oxygen atoms in total. The summed E-state index contributed by atoms with van der Waals surface area (Å²) in [6.45, 7) is 0.446. The van der Waals surface area contributed by atoms with Crippen LogP contribution in [0, 0.1) is 17.8 Å². The number of rotatable bonds is 1. The molecule has 3 atom stereocenters.